The average molecular weight is 405 g/mol. The Bertz CT molecular complexity index is 256. The Kier molecular flexibility index (Phi) is 20.9. The van der Waals surface area contributed by atoms with Gasteiger partial charge in [-0.25, -0.2) is 0 Å². The number of carbonyl (C=O) groups excluding carboxylic acids is 1. The predicted octanol–water partition coefficient (Wildman–Crippen LogP) is 7.58. The average Bonchev–Trinajstić information content (AvgIpc) is 2.58. The second-order valence-electron chi connectivity index (χ2n) is 6.96. The molecule has 0 fully saturated rings. The highest BCUT2D eigenvalue weighted by Crippen LogP contribution is 2.13. The van der Waals surface area contributed by atoms with Gasteiger partial charge in [-0.2, -0.15) is 0 Å². The molecule has 0 atom stereocenters. The van der Waals surface area contributed by atoms with Gasteiger partial charge in [-0.1, -0.05) is 106 Å². The van der Waals surface area contributed by atoms with Gasteiger partial charge in [0.25, 0.3) is 0 Å². The fourth-order valence-electron chi connectivity index (χ4n) is 2.92. The molecule has 0 amide bonds. The maximum Gasteiger partial charge on any atom is 0.305 e. The van der Waals surface area contributed by atoms with Crippen molar-refractivity contribution >= 4 is 21.9 Å². The molecule has 0 spiro atoms. The van der Waals surface area contributed by atoms with E-state index in [0.717, 1.165) is 24.6 Å². The number of carbonyl (C=O) groups is 1. The highest BCUT2D eigenvalue weighted by Gasteiger charge is 2.01. The first kappa shape index (κ1) is 23.9. The third-order valence-electron chi connectivity index (χ3n) is 4.53. The summed E-state index contributed by atoms with van der Waals surface area (Å²) in [6, 6.07) is 0. The van der Waals surface area contributed by atoms with E-state index in [1.807, 2.05) is 0 Å². The van der Waals surface area contributed by atoms with Gasteiger partial charge < -0.3 is 4.74 Å². The van der Waals surface area contributed by atoms with Crippen LogP contribution in [0.25, 0.3) is 0 Å². The topological polar surface area (TPSA) is 26.3 Å². The summed E-state index contributed by atoms with van der Waals surface area (Å²) in [5, 5.41) is 0.971. The van der Waals surface area contributed by atoms with Gasteiger partial charge >= 0.3 is 5.97 Å². The Balaban J connectivity index is 3.06. The van der Waals surface area contributed by atoms with E-state index in [2.05, 4.69) is 22.9 Å². The van der Waals surface area contributed by atoms with Crippen LogP contribution < -0.4 is 0 Å². The van der Waals surface area contributed by atoms with Crippen molar-refractivity contribution < 1.29 is 9.53 Å². The zero-order valence-electron chi connectivity index (χ0n) is 16.1. The second kappa shape index (κ2) is 21.0. The number of unbranched alkanes of at least 4 members (excludes halogenated alkanes) is 14. The van der Waals surface area contributed by atoms with Gasteiger partial charge in [0.2, 0.25) is 0 Å². The Morgan fingerprint density at radius 3 is 1.58 bits per heavy atom. The third kappa shape index (κ3) is 20.0. The molecule has 0 bridgehead atoms. The van der Waals surface area contributed by atoms with Crippen LogP contribution in [0.3, 0.4) is 0 Å². The molecule has 0 heterocycles. The molecule has 0 rings (SSSR count). The minimum Gasteiger partial charge on any atom is -0.466 e. The van der Waals surface area contributed by atoms with Crippen molar-refractivity contribution in [3.05, 3.63) is 0 Å². The van der Waals surface area contributed by atoms with Crippen LogP contribution >= 0.6 is 15.9 Å². The molecule has 0 aromatic heterocycles. The molecule has 0 aliphatic carbocycles. The maximum atomic E-state index is 11.4. The zero-order valence-corrected chi connectivity index (χ0v) is 17.7. The van der Waals surface area contributed by atoms with Crippen LogP contribution in [-0.2, 0) is 9.53 Å². The molecule has 0 saturated carbocycles. The monoisotopic (exact) mass is 404 g/mol. The predicted molar refractivity (Wildman–Crippen MR) is 109 cm³/mol. The normalized spacial score (nSPS) is 10.9. The SMILES string of the molecule is CCCCCCCCCCCCCCCCOC(=O)CCCCBr. The summed E-state index contributed by atoms with van der Waals surface area (Å²) in [6.45, 7) is 2.89. The Morgan fingerprint density at radius 1 is 0.667 bits per heavy atom. The lowest BCUT2D eigenvalue weighted by Crippen LogP contribution is -2.05. The van der Waals surface area contributed by atoms with Crippen molar-refractivity contribution in [3.63, 3.8) is 0 Å². The summed E-state index contributed by atoms with van der Waals surface area (Å²) in [7, 11) is 0. The molecular formula is C21H41BrO2. The van der Waals surface area contributed by atoms with E-state index in [4.69, 9.17) is 4.74 Å². The molecule has 0 aliphatic rings. The fourth-order valence-corrected chi connectivity index (χ4v) is 3.32. The summed E-state index contributed by atoms with van der Waals surface area (Å²) in [6.07, 6.45) is 21.5. The summed E-state index contributed by atoms with van der Waals surface area (Å²) in [4.78, 5) is 11.4. The van der Waals surface area contributed by atoms with Crippen molar-refractivity contribution in [3.8, 4) is 0 Å². The molecule has 144 valence electrons. The smallest absolute Gasteiger partial charge is 0.305 e. The molecule has 0 aromatic rings. The molecule has 0 unspecified atom stereocenters. The number of esters is 1. The number of rotatable bonds is 19. The van der Waals surface area contributed by atoms with Crippen LogP contribution in [0.4, 0.5) is 0 Å². The first-order valence-electron chi connectivity index (χ1n) is 10.5. The molecule has 0 radical (unpaired) electrons. The van der Waals surface area contributed by atoms with Gasteiger partial charge in [0.1, 0.15) is 0 Å². The van der Waals surface area contributed by atoms with Crippen molar-refractivity contribution in [1.29, 1.82) is 0 Å². The van der Waals surface area contributed by atoms with Gasteiger partial charge in [0.15, 0.2) is 0 Å². The molecule has 0 N–H and O–H groups in total. The van der Waals surface area contributed by atoms with Crippen LogP contribution in [0.1, 0.15) is 116 Å². The molecule has 0 aromatic carbocycles. The second-order valence-corrected chi connectivity index (χ2v) is 7.76. The van der Waals surface area contributed by atoms with Gasteiger partial charge in [0, 0.05) is 11.8 Å². The van der Waals surface area contributed by atoms with Crippen LogP contribution in [0.5, 0.6) is 0 Å². The standard InChI is InChI=1S/C21H41BrO2/c1-2-3-4-5-6-7-8-9-10-11-12-13-14-17-20-24-21(23)18-15-16-19-22/h2-20H2,1H3. The molecule has 0 saturated heterocycles. The Morgan fingerprint density at radius 2 is 1.12 bits per heavy atom. The van der Waals surface area contributed by atoms with Gasteiger partial charge in [-0.3, -0.25) is 4.79 Å². The van der Waals surface area contributed by atoms with E-state index in [1.54, 1.807) is 0 Å². The van der Waals surface area contributed by atoms with Gasteiger partial charge in [0.05, 0.1) is 6.61 Å². The lowest BCUT2D eigenvalue weighted by molar-refractivity contribution is -0.143. The van der Waals surface area contributed by atoms with Crippen LogP contribution in [0.2, 0.25) is 0 Å². The van der Waals surface area contributed by atoms with E-state index in [9.17, 15) is 4.79 Å². The highest BCUT2D eigenvalue weighted by molar-refractivity contribution is 9.09. The first-order chi connectivity index (χ1) is 11.8. The number of ether oxygens (including phenoxy) is 1. The zero-order chi connectivity index (χ0) is 17.7. The minimum absolute atomic E-state index is 0.0226. The van der Waals surface area contributed by atoms with Crippen molar-refractivity contribution in [1.82, 2.24) is 0 Å². The van der Waals surface area contributed by atoms with E-state index >= 15 is 0 Å². The number of hydrogen-bond acceptors (Lipinski definition) is 2. The molecular weight excluding hydrogens is 364 g/mol. The van der Waals surface area contributed by atoms with Crippen LogP contribution in [0, 0.1) is 0 Å². The van der Waals surface area contributed by atoms with Gasteiger partial charge in [-0.05, 0) is 19.3 Å². The van der Waals surface area contributed by atoms with E-state index in [-0.39, 0.29) is 5.97 Å². The van der Waals surface area contributed by atoms with E-state index in [1.165, 1.54) is 83.5 Å². The first-order valence-corrected chi connectivity index (χ1v) is 11.6. The molecule has 2 nitrogen and oxygen atoms in total. The minimum atomic E-state index is -0.0226. The maximum absolute atomic E-state index is 11.4. The number of alkyl halides is 1. The number of halogens is 1. The molecule has 24 heavy (non-hydrogen) atoms. The third-order valence-corrected chi connectivity index (χ3v) is 5.09. The summed E-state index contributed by atoms with van der Waals surface area (Å²) < 4.78 is 5.24. The van der Waals surface area contributed by atoms with Gasteiger partial charge in [-0.15, -0.1) is 0 Å². The largest absolute Gasteiger partial charge is 0.466 e. The van der Waals surface area contributed by atoms with Crippen molar-refractivity contribution in [2.75, 3.05) is 11.9 Å². The quantitative estimate of drug-likeness (QED) is 0.126. The molecule has 0 aliphatic heterocycles. The lowest BCUT2D eigenvalue weighted by atomic mass is 10.0. The van der Waals surface area contributed by atoms with Crippen molar-refractivity contribution in [2.45, 2.75) is 116 Å². The lowest BCUT2D eigenvalue weighted by Gasteiger charge is -2.05. The number of hydrogen-bond donors (Lipinski definition) is 0. The fraction of sp³-hybridized carbons (Fsp3) is 0.952. The molecule has 3 heteroatoms. The van der Waals surface area contributed by atoms with E-state index < -0.39 is 0 Å². The summed E-state index contributed by atoms with van der Waals surface area (Å²) >= 11 is 3.37. The van der Waals surface area contributed by atoms with Crippen LogP contribution in [-0.4, -0.2) is 17.9 Å². The Hall–Kier alpha value is -0.0500. The summed E-state index contributed by atoms with van der Waals surface area (Å²) in [5.74, 6) is -0.0226. The van der Waals surface area contributed by atoms with Crippen LogP contribution in [0.15, 0.2) is 0 Å². The van der Waals surface area contributed by atoms with Crippen molar-refractivity contribution in [2.24, 2.45) is 0 Å². The Labute approximate surface area is 159 Å². The highest BCUT2D eigenvalue weighted by atomic mass is 79.9. The summed E-state index contributed by atoms with van der Waals surface area (Å²) in [5.41, 5.74) is 0. The van der Waals surface area contributed by atoms with E-state index in [0.29, 0.717) is 13.0 Å².